The van der Waals surface area contributed by atoms with E-state index < -0.39 is 0 Å². The van der Waals surface area contributed by atoms with Crippen LogP contribution >= 0.6 is 0 Å². The maximum atomic E-state index is 9.70. The van der Waals surface area contributed by atoms with Gasteiger partial charge in [-0.15, -0.1) is 10.2 Å². The Balaban J connectivity index is 2.06. The maximum absolute atomic E-state index is 9.70. The molecular formula is C19H22N4O3. The molecule has 2 aromatic rings. The number of nitriles is 1. The van der Waals surface area contributed by atoms with E-state index in [9.17, 15) is 5.26 Å². The van der Waals surface area contributed by atoms with Gasteiger partial charge < -0.3 is 18.8 Å². The number of ether oxygens (including phenoxy) is 3. The largest absolute Gasteiger partial charge is 0.493 e. The van der Waals surface area contributed by atoms with Gasteiger partial charge in [0, 0.05) is 13.0 Å². The molecule has 26 heavy (non-hydrogen) atoms. The molecule has 0 radical (unpaired) electrons. The third-order valence-electron chi connectivity index (χ3n) is 4.47. The van der Waals surface area contributed by atoms with E-state index in [0.717, 1.165) is 37.2 Å². The van der Waals surface area contributed by atoms with E-state index in [-0.39, 0.29) is 0 Å². The minimum Gasteiger partial charge on any atom is -0.493 e. The van der Waals surface area contributed by atoms with E-state index in [0.29, 0.717) is 28.6 Å². The number of fused-ring (bicyclic) bond motifs is 1. The number of aromatic nitrogens is 3. The second kappa shape index (κ2) is 7.91. The van der Waals surface area contributed by atoms with E-state index in [1.165, 1.54) is 6.42 Å². The summed E-state index contributed by atoms with van der Waals surface area (Å²) in [5.41, 5.74) is 1.22. The van der Waals surface area contributed by atoms with Crippen LogP contribution in [-0.4, -0.2) is 36.1 Å². The Kier molecular flexibility index (Phi) is 5.42. The highest BCUT2D eigenvalue weighted by molar-refractivity contribution is 5.88. The summed E-state index contributed by atoms with van der Waals surface area (Å²) in [5, 5.41) is 18.2. The van der Waals surface area contributed by atoms with Crippen LogP contribution < -0.4 is 14.2 Å². The van der Waals surface area contributed by atoms with Gasteiger partial charge >= 0.3 is 0 Å². The number of nitrogens with zero attached hydrogens (tertiary/aromatic N) is 4. The summed E-state index contributed by atoms with van der Waals surface area (Å²) < 4.78 is 18.2. The Hall–Kier alpha value is -3.01. The van der Waals surface area contributed by atoms with Gasteiger partial charge in [-0.25, -0.2) is 0 Å². The van der Waals surface area contributed by atoms with Crippen molar-refractivity contribution in [1.82, 2.24) is 14.8 Å². The van der Waals surface area contributed by atoms with Crippen LogP contribution in [0.15, 0.2) is 12.1 Å². The zero-order valence-electron chi connectivity index (χ0n) is 15.3. The van der Waals surface area contributed by atoms with Crippen LogP contribution in [0.25, 0.3) is 11.6 Å². The van der Waals surface area contributed by atoms with Gasteiger partial charge in [0.15, 0.2) is 17.3 Å². The predicted molar refractivity (Wildman–Crippen MR) is 97.2 cm³/mol. The van der Waals surface area contributed by atoms with Crippen LogP contribution in [0, 0.1) is 11.3 Å². The van der Waals surface area contributed by atoms with E-state index in [4.69, 9.17) is 14.2 Å². The first-order valence-corrected chi connectivity index (χ1v) is 8.56. The first-order chi connectivity index (χ1) is 12.7. The van der Waals surface area contributed by atoms with Crippen molar-refractivity contribution >= 4 is 11.6 Å². The summed E-state index contributed by atoms with van der Waals surface area (Å²) in [6, 6.07) is 5.86. The first-order valence-electron chi connectivity index (χ1n) is 8.56. The van der Waals surface area contributed by atoms with Crippen LogP contribution in [0.1, 0.15) is 36.5 Å². The molecule has 0 fully saturated rings. The molecular weight excluding hydrogens is 332 g/mol. The number of aryl methyl sites for hydroxylation is 1. The van der Waals surface area contributed by atoms with Gasteiger partial charge in [-0.2, -0.15) is 5.26 Å². The molecule has 0 spiro atoms. The summed E-state index contributed by atoms with van der Waals surface area (Å²) in [6.07, 6.45) is 6.02. The van der Waals surface area contributed by atoms with Crippen LogP contribution in [0.2, 0.25) is 0 Å². The molecule has 0 saturated carbocycles. The lowest BCUT2D eigenvalue weighted by atomic mass is 10.1. The average molecular weight is 354 g/mol. The Morgan fingerprint density at radius 1 is 1.08 bits per heavy atom. The monoisotopic (exact) mass is 354 g/mol. The fraction of sp³-hybridized carbons (Fsp3) is 0.421. The van der Waals surface area contributed by atoms with Crippen molar-refractivity contribution in [3.63, 3.8) is 0 Å². The molecule has 0 aliphatic carbocycles. The van der Waals surface area contributed by atoms with Gasteiger partial charge in [0.25, 0.3) is 0 Å². The van der Waals surface area contributed by atoms with Crippen molar-refractivity contribution in [3.8, 4) is 23.3 Å². The van der Waals surface area contributed by atoms with E-state index >= 15 is 0 Å². The number of hydrogen-bond acceptors (Lipinski definition) is 6. The summed E-state index contributed by atoms with van der Waals surface area (Å²) in [6.45, 7) is 0.839. The van der Waals surface area contributed by atoms with Gasteiger partial charge in [-0.1, -0.05) is 6.42 Å². The quantitative estimate of drug-likeness (QED) is 0.768. The number of rotatable bonds is 5. The van der Waals surface area contributed by atoms with Gasteiger partial charge in [0.2, 0.25) is 5.75 Å². The molecule has 0 bridgehead atoms. The normalized spacial score (nSPS) is 14.2. The average Bonchev–Trinajstić information content (AvgIpc) is 2.92. The van der Waals surface area contributed by atoms with Crippen molar-refractivity contribution in [2.45, 2.75) is 32.2 Å². The van der Waals surface area contributed by atoms with Crippen LogP contribution in [0.5, 0.6) is 17.2 Å². The number of methoxy groups -OCH3 is 3. The topological polar surface area (TPSA) is 82.2 Å². The van der Waals surface area contributed by atoms with Crippen molar-refractivity contribution in [3.05, 3.63) is 29.3 Å². The van der Waals surface area contributed by atoms with E-state index in [2.05, 4.69) is 20.8 Å². The first kappa shape index (κ1) is 17.8. The van der Waals surface area contributed by atoms with Crippen molar-refractivity contribution < 1.29 is 14.2 Å². The third-order valence-corrected chi connectivity index (χ3v) is 4.47. The van der Waals surface area contributed by atoms with Crippen molar-refractivity contribution in [2.75, 3.05) is 21.3 Å². The fourth-order valence-electron chi connectivity index (χ4n) is 3.18. The number of benzene rings is 1. The highest BCUT2D eigenvalue weighted by Crippen LogP contribution is 2.39. The molecule has 1 aliphatic heterocycles. The molecule has 2 heterocycles. The Morgan fingerprint density at radius 3 is 2.42 bits per heavy atom. The summed E-state index contributed by atoms with van der Waals surface area (Å²) in [7, 11) is 4.69. The van der Waals surface area contributed by atoms with Gasteiger partial charge in [-0.3, -0.25) is 0 Å². The van der Waals surface area contributed by atoms with Crippen LogP contribution in [0.4, 0.5) is 0 Å². The van der Waals surface area contributed by atoms with E-state index in [1.807, 2.05) is 0 Å². The van der Waals surface area contributed by atoms with Crippen molar-refractivity contribution in [1.29, 1.82) is 5.26 Å². The van der Waals surface area contributed by atoms with Gasteiger partial charge in [-0.05, 0) is 36.6 Å². The second-order valence-electron chi connectivity index (χ2n) is 6.03. The van der Waals surface area contributed by atoms with Gasteiger partial charge in [0.1, 0.15) is 11.9 Å². The molecule has 0 unspecified atom stereocenters. The van der Waals surface area contributed by atoms with Crippen LogP contribution in [-0.2, 0) is 13.0 Å². The minimum absolute atomic E-state index is 0.458. The second-order valence-corrected chi connectivity index (χ2v) is 6.03. The SMILES string of the molecule is COc1cc(/C=C(\C#N)c2nnc3n2CCCCC3)cc(OC)c1OC. The molecule has 7 heteroatoms. The number of allylic oxidation sites excluding steroid dienone is 1. The summed E-state index contributed by atoms with van der Waals surface area (Å²) in [5.74, 6) is 3.15. The predicted octanol–water partition coefficient (Wildman–Crippen LogP) is 3.09. The molecule has 1 aromatic carbocycles. The highest BCUT2D eigenvalue weighted by atomic mass is 16.5. The minimum atomic E-state index is 0.458. The highest BCUT2D eigenvalue weighted by Gasteiger charge is 2.18. The molecule has 136 valence electrons. The zero-order chi connectivity index (χ0) is 18.5. The smallest absolute Gasteiger partial charge is 0.203 e. The van der Waals surface area contributed by atoms with Crippen LogP contribution in [0.3, 0.4) is 0 Å². The molecule has 1 aliphatic rings. The molecule has 0 N–H and O–H groups in total. The zero-order valence-corrected chi connectivity index (χ0v) is 15.3. The third kappa shape index (κ3) is 3.36. The lowest BCUT2D eigenvalue weighted by Gasteiger charge is -2.13. The maximum Gasteiger partial charge on any atom is 0.203 e. The molecule has 0 atom stereocenters. The Morgan fingerprint density at radius 2 is 1.81 bits per heavy atom. The molecule has 7 nitrogen and oxygen atoms in total. The van der Waals surface area contributed by atoms with E-state index in [1.54, 1.807) is 39.5 Å². The molecule has 3 rings (SSSR count). The fourth-order valence-corrected chi connectivity index (χ4v) is 3.18. The molecule has 1 aromatic heterocycles. The van der Waals surface area contributed by atoms with Crippen molar-refractivity contribution in [2.24, 2.45) is 0 Å². The Labute approximate surface area is 152 Å². The molecule has 0 saturated heterocycles. The van der Waals surface area contributed by atoms with Gasteiger partial charge in [0.05, 0.1) is 26.9 Å². The summed E-state index contributed by atoms with van der Waals surface area (Å²) in [4.78, 5) is 0. The summed E-state index contributed by atoms with van der Waals surface area (Å²) >= 11 is 0. The standard InChI is InChI=1S/C19H22N4O3/c1-24-15-10-13(11-16(25-2)18(15)26-3)9-14(12-20)19-22-21-17-7-5-4-6-8-23(17)19/h9-11H,4-8H2,1-3H3/b14-9+. The number of hydrogen-bond donors (Lipinski definition) is 0. The lowest BCUT2D eigenvalue weighted by molar-refractivity contribution is 0.324. The Bertz CT molecular complexity index is 839. The molecule has 0 amide bonds. The lowest BCUT2D eigenvalue weighted by Crippen LogP contribution is -2.05.